The van der Waals surface area contributed by atoms with Gasteiger partial charge in [-0.25, -0.2) is 4.79 Å². The molecule has 0 spiro atoms. The largest absolute Gasteiger partial charge is 0.469 e. The van der Waals surface area contributed by atoms with Gasteiger partial charge in [-0.1, -0.05) is 19.1 Å². The summed E-state index contributed by atoms with van der Waals surface area (Å²) in [5.74, 6) is 0.231. The van der Waals surface area contributed by atoms with E-state index in [4.69, 9.17) is 4.74 Å². The zero-order valence-corrected chi connectivity index (χ0v) is 12.9. The minimum atomic E-state index is -0.323. The van der Waals surface area contributed by atoms with Crippen molar-refractivity contribution < 1.29 is 19.1 Å². The molecule has 4 nitrogen and oxygen atoms in total. The number of ether oxygens (including phenoxy) is 2. The summed E-state index contributed by atoms with van der Waals surface area (Å²) in [4.78, 5) is 23.8. The lowest BCUT2D eigenvalue weighted by Crippen LogP contribution is -2.05. The Morgan fingerprint density at radius 3 is 2.55 bits per heavy atom. The van der Waals surface area contributed by atoms with E-state index in [9.17, 15) is 9.59 Å². The number of methoxy groups -OCH3 is 2. The van der Waals surface area contributed by atoms with Gasteiger partial charge < -0.3 is 9.47 Å². The van der Waals surface area contributed by atoms with Gasteiger partial charge in [0.25, 0.3) is 0 Å². The molecule has 0 amide bonds. The molecule has 1 aromatic carbocycles. The third-order valence-corrected chi connectivity index (χ3v) is 4.15. The Labute approximate surface area is 123 Å². The van der Waals surface area contributed by atoms with Crippen LogP contribution in [0.3, 0.4) is 0 Å². The van der Waals surface area contributed by atoms with Gasteiger partial charge in [0, 0.05) is 11.3 Å². The molecule has 0 aliphatic rings. The number of esters is 2. The quantitative estimate of drug-likeness (QED) is 0.440. The molecular formula is C15H20O4S. The third-order valence-electron chi connectivity index (χ3n) is 2.88. The van der Waals surface area contributed by atoms with Crippen molar-refractivity contribution in [2.45, 2.75) is 31.1 Å². The van der Waals surface area contributed by atoms with Crippen molar-refractivity contribution in [1.29, 1.82) is 0 Å². The van der Waals surface area contributed by atoms with Gasteiger partial charge in [-0.3, -0.25) is 4.79 Å². The highest BCUT2D eigenvalue weighted by molar-refractivity contribution is 7.99. The van der Waals surface area contributed by atoms with Gasteiger partial charge >= 0.3 is 11.9 Å². The van der Waals surface area contributed by atoms with E-state index >= 15 is 0 Å². The molecule has 5 heteroatoms. The summed E-state index contributed by atoms with van der Waals surface area (Å²) in [6.07, 6.45) is 1.96. The molecule has 0 N–H and O–H groups in total. The second-order valence-corrected chi connectivity index (χ2v) is 5.27. The highest BCUT2D eigenvalue weighted by Gasteiger charge is 2.15. The van der Waals surface area contributed by atoms with Gasteiger partial charge in [0.15, 0.2) is 0 Å². The lowest BCUT2D eigenvalue weighted by Gasteiger charge is -2.12. The van der Waals surface area contributed by atoms with Gasteiger partial charge in [-0.2, -0.15) is 0 Å². The summed E-state index contributed by atoms with van der Waals surface area (Å²) in [6.45, 7) is 2.05. The predicted molar refractivity (Wildman–Crippen MR) is 79.1 cm³/mol. The molecule has 0 aliphatic carbocycles. The second-order valence-electron chi connectivity index (χ2n) is 4.17. The smallest absolute Gasteiger partial charge is 0.339 e. The van der Waals surface area contributed by atoms with Crippen LogP contribution in [0, 0.1) is 0 Å². The highest BCUT2D eigenvalue weighted by atomic mass is 32.2. The van der Waals surface area contributed by atoms with Crippen molar-refractivity contribution in [3.05, 3.63) is 29.3 Å². The zero-order chi connectivity index (χ0) is 15.0. The Bertz CT molecular complexity index is 471. The number of carbonyl (C=O) groups is 2. The summed E-state index contributed by atoms with van der Waals surface area (Å²) >= 11 is 1.59. The predicted octanol–water partition coefficient (Wildman–Crippen LogP) is 3.08. The maximum atomic E-state index is 11.8. The second kappa shape index (κ2) is 8.64. The highest BCUT2D eigenvalue weighted by Crippen LogP contribution is 2.29. The van der Waals surface area contributed by atoms with Crippen molar-refractivity contribution in [2.75, 3.05) is 20.0 Å². The fourth-order valence-corrected chi connectivity index (χ4v) is 2.99. The first-order valence-corrected chi connectivity index (χ1v) is 7.52. The summed E-state index contributed by atoms with van der Waals surface area (Å²) in [5, 5.41) is 0. The number of hydrogen-bond acceptors (Lipinski definition) is 5. The Morgan fingerprint density at radius 2 is 1.95 bits per heavy atom. The summed E-state index contributed by atoms with van der Waals surface area (Å²) in [6, 6.07) is 5.65. The fourth-order valence-electron chi connectivity index (χ4n) is 1.80. The van der Waals surface area contributed by atoms with E-state index in [1.54, 1.807) is 17.8 Å². The summed E-state index contributed by atoms with van der Waals surface area (Å²) in [5.41, 5.74) is 1.71. The zero-order valence-electron chi connectivity index (χ0n) is 12.1. The van der Waals surface area contributed by atoms with Crippen LogP contribution in [0.1, 0.15) is 35.7 Å². The first-order chi connectivity index (χ1) is 9.63. The number of carbonyl (C=O) groups excluding carboxylic acids is 2. The average molecular weight is 296 g/mol. The van der Waals surface area contributed by atoms with Crippen LogP contribution in [-0.4, -0.2) is 31.9 Å². The molecule has 0 bridgehead atoms. The maximum Gasteiger partial charge on any atom is 0.339 e. The topological polar surface area (TPSA) is 52.6 Å². The molecule has 0 aliphatic heterocycles. The first kappa shape index (κ1) is 16.6. The van der Waals surface area contributed by atoms with Crippen LogP contribution in [0.5, 0.6) is 0 Å². The number of rotatable bonds is 7. The lowest BCUT2D eigenvalue weighted by atomic mass is 10.1. The Hall–Kier alpha value is -1.49. The van der Waals surface area contributed by atoms with E-state index in [1.807, 2.05) is 12.1 Å². The fraction of sp³-hybridized carbons (Fsp3) is 0.467. The molecule has 0 radical (unpaired) electrons. The molecule has 0 saturated carbocycles. The Morgan fingerprint density at radius 1 is 1.20 bits per heavy atom. The minimum Gasteiger partial charge on any atom is -0.469 e. The number of thioether (sulfide) groups is 1. The molecule has 0 fully saturated rings. The SMILES string of the molecule is CCc1cccc(C(=O)OC)c1SCCCC(=O)OC. The van der Waals surface area contributed by atoms with Crippen LogP contribution in [0.2, 0.25) is 0 Å². The third kappa shape index (κ3) is 4.56. The van der Waals surface area contributed by atoms with E-state index in [2.05, 4.69) is 11.7 Å². The molecule has 0 heterocycles. The van der Waals surface area contributed by atoms with Crippen LogP contribution in [0.4, 0.5) is 0 Å². The number of hydrogen-bond donors (Lipinski definition) is 0. The number of benzene rings is 1. The van der Waals surface area contributed by atoms with Crippen LogP contribution in [0.25, 0.3) is 0 Å². The monoisotopic (exact) mass is 296 g/mol. The Balaban J connectivity index is 2.76. The van der Waals surface area contributed by atoms with E-state index in [-0.39, 0.29) is 11.9 Å². The van der Waals surface area contributed by atoms with Crippen LogP contribution in [-0.2, 0) is 20.7 Å². The molecule has 0 atom stereocenters. The minimum absolute atomic E-state index is 0.206. The van der Waals surface area contributed by atoms with Crippen molar-refractivity contribution in [3.8, 4) is 0 Å². The van der Waals surface area contributed by atoms with Gasteiger partial charge in [-0.05, 0) is 30.2 Å². The van der Waals surface area contributed by atoms with Crippen molar-refractivity contribution in [3.63, 3.8) is 0 Å². The molecule has 0 aromatic heterocycles. The average Bonchev–Trinajstić information content (AvgIpc) is 2.50. The van der Waals surface area contributed by atoms with Crippen LogP contribution < -0.4 is 0 Å². The van der Waals surface area contributed by atoms with Gasteiger partial charge in [0.05, 0.1) is 19.8 Å². The van der Waals surface area contributed by atoms with Crippen LogP contribution >= 0.6 is 11.8 Å². The molecule has 110 valence electrons. The van der Waals surface area contributed by atoms with Gasteiger partial charge in [0.2, 0.25) is 0 Å². The maximum absolute atomic E-state index is 11.8. The molecule has 0 unspecified atom stereocenters. The van der Waals surface area contributed by atoms with Gasteiger partial charge in [-0.15, -0.1) is 11.8 Å². The molecule has 1 rings (SSSR count). The molecular weight excluding hydrogens is 276 g/mol. The standard InChI is InChI=1S/C15H20O4S/c1-4-11-7-5-8-12(15(17)19-3)14(11)20-10-6-9-13(16)18-2/h5,7-8H,4,6,9-10H2,1-3H3. The van der Waals surface area contributed by atoms with E-state index < -0.39 is 0 Å². The van der Waals surface area contributed by atoms with Crippen molar-refractivity contribution in [1.82, 2.24) is 0 Å². The molecule has 0 saturated heterocycles. The molecule has 1 aromatic rings. The van der Waals surface area contributed by atoms with Gasteiger partial charge in [0.1, 0.15) is 0 Å². The van der Waals surface area contributed by atoms with Crippen LogP contribution in [0.15, 0.2) is 23.1 Å². The van der Waals surface area contributed by atoms with E-state index in [1.165, 1.54) is 14.2 Å². The summed E-state index contributed by atoms with van der Waals surface area (Å²) in [7, 11) is 2.77. The first-order valence-electron chi connectivity index (χ1n) is 6.53. The van der Waals surface area contributed by atoms with E-state index in [0.717, 1.165) is 29.1 Å². The van der Waals surface area contributed by atoms with Crippen molar-refractivity contribution in [2.24, 2.45) is 0 Å². The lowest BCUT2D eigenvalue weighted by molar-refractivity contribution is -0.140. The Kier molecular flexibility index (Phi) is 7.15. The van der Waals surface area contributed by atoms with Crippen molar-refractivity contribution >= 4 is 23.7 Å². The summed E-state index contributed by atoms with van der Waals surface area (Å²) < 4.78 is 9.42. The van der Waals surface area contributed by atoms with E-state index in [0.29, 0.717) is 12.0 Å². The normalized spacial score (nSPS) is 10.2. The number of aryl methyl sites for hydroxylation is 1. The molecule has 20 heavy (non-hydrogen) atoms.